The van der Waals surface area contributed by atoms with Gasteiger partial charge >= 0.3 is 0 Å². The van der Waals surface area contributed by atoms with Gasteiger partial charge in [-0.1, -0.05) is 64.0 Å². The Labute approximate surface area is 127 Å². The summed E-state index contributed by atoms with van der Waals surface area (Å²) in [6.07, 6.45) is 14.9. The van der Waals surface area contributed by atoms with Gasteiger partial charge in [0.05, 0.1) is 0 Å². The Hall–Kier alpha value is -0.780. The standard InChI is InChI=1S/C20H34/c1-15(2)7-10-19(13-16(3)4)14-18(6)20-11-8-17(5)9-12-20/h8,11-13,15,17-19H,7,9-10,14H2,1-6H3. The molecule has 0 aromatic rings. The van der Waals surface area contributed by atoms with Gasteiger partial charge in [0.25, 0.3) is 0 Å². The van der Waals surface area contributed by atoms with Crippen molar-refractivity contribution in [3.63, 3.8) is 0 Å². The van der Waals surface area contributed by atoms with Gasteiger partial charge in [-0.2, -0.15) is 0 Å². The zero-order valence-corrected chi connectivity index (χ0v) is 14.4. The summed E-state index contributed by atoms with van der Waals surface area (Å²) in [7, 11) is 0. The van der Waals surface area contributed by atoms with Crippen molar-refractivity contribution < 1.29 is 0 Å². The van der Waals surface area contributed by atoms with Gasteiger partial charge in [-0.05, 0) is 62.4 Å². The van der Waals surface area contributed by atoms with Crippen molar-refractivity contribution in [1.82, 2.24) is 0 Å². The molecule has 1 aliphatic rings. The zero-order chi connectivity index (χ0) is 15.1. The molecule has 0 N–H and O–H groups in total. The highest BCUT2D eigenvalue weighted by Gasteiger charge is 2.16. The fourth-order valence-electron chi connectivity index (χ4n) is 2.99. The van der Waals surface area contributed by atoms with Gasteiger partial charge in [0.2, 0.25) is 0 Å². The maximum atomic E-state index is 2.49. The molecular weight excluding hydrogens is 240 g/mol. The van der Waals surface area contributed by atoms with Gasteiger partial charge in [-0.25, -0.2) is 0 Å². The summed E-state index contributed by atoms with van der Waals surface area (Å²) in [6.45, 7) is 13.8. The highest BCUT2D eigenvalue weighted by molar-refractivity contribution is 5.25. The number of hydrogen-bond acceptors (Lipinski definition) is 0. The molecule has 0 saturated heterocycles. The van der Waals surface area contributed by atoms with Gasteiger partial charge in [0.1, 0.15) is 0 Å². The predicted molar refractivity (Wildman–Crippen MR) is 91.8 cm³/mol. The first-order chi connectivity index (χ1) is 9.38. The molecule has 0 amide bonds. The molecule has 1 aliphatic carbocycles. The van der Waals surface area contributed by atoms with E-state index >= 15 is 0 Å². The van der Waals surface area contributed by atoms with E-state index in [0.29, 0.717) is 5.92 Å². The van der Waals surface area contributed by atoms with E-state index < -0.39 is 0 Å². The average molecular weight is 274 g/mol. The van der Waals surface area contributed by atoms with Crippen LogP contribution in [0, 0.1) is 23.7 Å². The van der Waals surface area contributed by atoms with Crippen molar-refractivity contribution in [2.75, 3.05) is 0 Å². The van der Waals surface area contributed by atoms with E-state index in [2.05, 4.69) is 65.8 Å². The smallest absolute Gasteiger partial charge is 0.0188 e. The third-order valence-electron chi connectivity index (χ3n) is 4.25. The monoisotopic (exact) mass is 274 g/mol. The molecule has 0 spiro atoms. The van der Waals surface area contributed by atoms with Gasteiger partial charge in [0.15, 0.2) is 0 Å². The molecular formula is C20H34. The second kappa shape index (κ2) is 8.49. The summed E-state index contributed by atoms with van der Waals surface area (Å²) in [5.74, 6) is 2.96. The maximum Gasteiger partial charge on any atom is -0.0188 e. The van der Waals surface area contributed by atoms with Crippen molar-refractivity contribution in [2.45, 2.75) is 67.2 Å². The van der Waals surface area contributed by atoms with E-state index in [1.807, 2.05) is 0 Å². The first-order valence-corrected chi connectivity index (χ1v) is 8.41. The maximum absolute atomic E-state index is 2.49. The van der Waals surface area contributed by atoms with Crippen LogP contribution in [0.5, 0.6) is 0 Å². The lowest BCUT2D eigenvalue weighted by atomic mass is 9.83. The molecule has 3 atom stereocenters. The van der Waals surface area contributed by atoms with Crippen molar-refractivity contribution >= 4 is 0 Å². The van der Waals surface area contributed by atoms with Crippen LogP contribution in [0.1, 0.15) is 67.2 Å². The minimum absolute atomic E-state index is 0.687. The molecule has 1 rings (SSSR count). The van der Waals surface area contributed by atoms with Crippen LogP contribution in [-0.2, 0) is 0 Å². The van der Waals surface area contributed by atoms with Crippen LogP contribution in [0.25, 0.3) is 0 Å². The third kappa shape index (κ3) is 6.59. The second-order valence-corrected chi connectivity index (χ2v) is 7.39. The highest BCUT2D eigenvalue weighted by Crippen LogP contribution is 2.29. The molecule has 0 saturated carbocycles. The number of hydrogen-bond donors (Lipinski definition) is 0. The zero-order valence-electron chi connectivity index (χ0n) is 14.4. The van der Waals surface area contributed by atoms with Crippen LogP contribution < -0.4 is 0 Å². The molecule has 0 aliphatic heterocycles. The van der Waals surface area contributed by atoms with Crippen molar-refractivity contribution in [3.05, 3.63) is 35.5 Å². The van der Waals surface area contributed by atoms with Crippen LogP contribution in [0.4, 0.5) is 0 Å². The van der Waals surface area contributed by atoms with E-state index in [1.165, 1.54) is 31.3 Å². The Balaban J connectivity index is 2.60. The van der Waals surface area contributed by atoms with Crippen LogP contribution >= 0.6 is 0 Å². The molecule has 114 valence electrons. The molecule has 0 aromatic heterocycles. The largest absolute Gasteiger partial charge is 0.0827 e. The first kappa shape index (κ1) is 17.3. The summed E-state index contributed by atoms with van der Waals surface area (Å²) in [6, 6.07) is 0. The lowest BCUT2D eigenvalue weighted by Crippen LogP contribution is -2.09. The van der Waals surface area contributed by atoms with E-state index in [9.17, 15) is 0 Å². The fourth-order valence-corrected chi connectivity index (χ4v) is 2.99. The molecule has 0 nitrogen and oxygen atoms in total. The lowest BCUT2D eigenvalue weighted by molar-refractivity contribution is 0.420. The van der Waals surface area contributed by atoms with E-state index in [4.69, 9.17) is 0 Å². The Kier molecular flexibility index (Phi) is 7.34. The van der Waals surface area contributed by atoms with E-state index in [-0.39, 0.29) is 0 Å². The summed E-state index contributed by atoms with van der Waals surface area (Å²) >= 11 is 0. The Morgan fingerprint density at radius 1 is 1.25 bits per heavy atom. The van der Waals surface area contributed by atoms with Gasteiger partial charge in [-0.15, -0.1) is 0 Å². The summed E-state index contributed by atoms with van der Waals surface area (Å²) < 4.78 is 0. The van der Waals surface area contributed by atoms with Gasteiger partial charge in [-0.3, -0.25) is 0 Å². The Morgan fingerprint density at radius 3 is 2.45 bits per heavy atom. The fraction of sp³-hybridized carbons (Fsp3) is 0.700. The van der Waals surface area contributed by atoms with Gasteiger partial charge in [0, 0.05) is 0 Å². The second-order valence-electron chi connectivity index (χ2n) is 7.39. The minimum Gasteiger partial charge on any atom is -0.0827 e. The lowest BCUT2D eigenvalue weighted by Gasteiger charge is -2.23. The van der Waals surface area contributed by atoms with Crippen LogP contribution in [0.3, 0.4) is 0 Å². The van der Waals surface area contributed by atoms with Crippen molar-refractivity contribution in [3.8, 4) is 0 Å². The Bertz CT molecular complexity index is 363. The summed E-state index contributed by atoms with van der Waals surface area (Å²) in [5, 5.41) is 0. The van der Waals surface area contributed by atoms with E-state index in [1.54, 1.807) is 5.57 Å². The average Bonchev–Trinajstić information content (AvgIpc) is 2.36. The molecule has 0 bridgehead atoms. The minimum atomic E-state index is 0.687. The summed E-state index contributed by atoms with van der Waals surface area (Å²) in [4.78, 5) is 0. The SMILES string of the molecule is CC(C)=CC(CCC(C)C)CC(C)C1=CCC(C)C=C1. The molecule has 20 heavy (non-hydrogen) atoms. The van der Waals surface area contributed by atoms with Crippen molar-refractivity contribution in [2.24, 2.45) is 23.7 Å². The normalized spacial score (nSPS) is 21.6. The van der Waals surface area contributed by atoms with Crippen LogP contribution in [-0.4, -0.2) is 0 Å². The highest BCUT2D eigenvalue weighted by atomic mass is 14.2. The topological polar surface area (TPSA) is 0 Å². The third-order valence-corrected chi connectivity index (χ3v) is 4.25. The number of rotatable bonds is 7. The van der Waals surface area contributed by atoms with Crippen molar-refractivity contribution in [1.29, 1.82) is 0 Å². The number of allylic oxidation sites excluding steroid dienone is 6. The summed E-state index contributed by atoms with van der Waals surface area (Å²) in [5.41, 5.74) is 3.02. The van der Waals surface area contributed by atoms with E-state index in [0.717, 1.165) is 17.8 Å². The van der Waals surface area contributed by atoms with Crippen LogP contribution in [0.15, 0.2) is 35.5 Å². The van der Waals surface area contributed by atoms with Gasteiger partial charge < -0.3 is 0 Å². The molecule has 0 fully saturated rings. The Morgan fingerprint density at radius 2 is 1.95 bits per heavy atom. The molecule has 3 unspecified atom stereocenters. The molecule has 0 heterocycles. The van der Waals surface area contributed by atoms with Crippen LogP contribution in [0.2, 0.25) is 0 Å². The quantitative estimate of drug-likeness (QED) is 0.461. The molecule has 0 heteroatoms. The first-order valence-electron chi connectivity index (χ1n) is 8.41. The molecule has 0 aromatic carbocycles. The molecule has 0 radical (unpaired) electrons. The predicted octanol–water partition coefficient (Wildman–Crippen LogP) is 6.55.